The highest BCUT2D eigenvalue weighted by atomic mass is 16.9. The molecule has 4 rings (SSSR count). The molecule has 0 bridgehead atoms. The largest absolute Gasteiger partial charge is 0.345 e. The molecular weight excluding hydrogens is 426 g/mol. The molecule has 5 atom stereocenters. The lowest BCUT2D eigenvalue weighted by molar-refractivity contribution is -0.384. The molecule has 12 heteroatoms. The molecule has 3 aliphatic rings. The SMILES string of the molecule is CC1(C)O[C@@H]2O[C@@H](C(=O)NCC(=O)Nc3ccc([N+](=O)[O-])cc3)[C@H]3OC(C)(C)O[C@@H]3[C@H]2O1. The number of hydrogen-bond donors (Lipinski definition) is 2. The summed E-state index contributed by atoms with van der Waals surface area (Å²) in [5, 5.41) is 15.8. The maximum absolute atomic E-state index is 12.9. The lowest BCUT2D eigenvalue weighted by Gasteiger charge is -2.36. The number of amides is 2. The maximum atomic E-state index is 12.9. The van der Waals surface area contributed by atoms with E-state index < -0.39 is 59.0 Å². The summed E-state index contributed by atoms with van der Waals surface area (Å²) in [6.07, 6.45) is -3.80. The predicted octanol–water partition coefficient (Wildman–Crippen LogP) is 1.05. The van der Waals surface area contributed by atoms with E-state index in [9.17, 15) is 19.7 Å². The first-order chi connectivity index (χ1) is 14.9. The van der Waals surface area contributed by atoms with E-state index in [1.54, 1.807) is 27.7 Å². The number of nitro groups is 1. The number of hydrogen-bond acceptors (Lipinski definition) is 9. The molecule has 2 amide bonds. The summed E-state index contributed by atoms with van der Waals surface area (Å²) in [5.74, 6) is -2.93. The van der Waals surface area contributed by atoms with Crippen molar-refractivity contribution < 1.29 is 38.2 Å². The van der Waals surface area contributed by atoms with Crippen molar-refractivity contribution in [2.75, 3.05) is 11.9 Å². The molecule has 0 saturated carbocycles. The highest BCUT2D eigenvalue weighted by molar-refractivity contribution is 5.95. The van der Waals surface area contributed by atoms with Crippen LogP contribution in [0.4, 0.5) is 11.4 Å². The van der Waals surface area contributed by atoms with Gasteiger partial charge >= 0.3 is 0 Å². The predicted molar refractivity (Wildman–Crippen MR) is 107 cm³/mol. The molecule has 174 valence electrons. The third kappa shape index (κ3) is 4.59. The number of carbonyl (C=O) groups excluding carboxylic acids is 2. The van der Waals surface area contributed by atoms with Gasteiger partial charge in [-0.05, 0) is 39.8 Å². The van der Waals surface area contributed by atoms with E-state index in [4.69, 9.17) is 23.7 Å². The minimum Gasteiger partial charge on any atom is -0.345 e. The van der Waals surface area contributed by atoms with Gasteiger partial charge in [-0.2, -0.15) is 0 Å². The fourth-order valence-electron chi connectivity index (χ4n) is 3.96. The van der Waals surface area contributed by atoms with Gasteiger partial charge in [-0.25, -0.2) is 0 Å². The molecule has 0 radical (unpaired) electrons. The van der Waals surface area contributed by atoms with Crippen molar-refractivity contribution in [1.29, 1.82) is 0 Å². The van der Waals surface area contributed by atoms with Crippen LogP contribution in [-0.4, -0.2) is 65.6 Å². The van der Waals surface area contributed by atoms with Crippen molar-refractivity contribution in [3.8, 4) is 0 Å². The van der Waals surface area contributed by atoms with Crippen LogP contribution in [0.1, 0.15) is 27.7 Å². The zero-order valence-corrected chi connectivity index (χ0v) is 18.0. The number of carbonyl (C=O) groups is 2. The van der Waals surface area contributed by atoms with Crippen molar-refractivity contribution in [3.05, 3.63) is 34.4 Å². The molecule has 3 aliphatic heterocycles. The van der Waals surface area contributed by atoms with Crippen molar-refractivity contribution in [2.24, 2.45) is 0 Å². The lowest BCUT2D eigenvalue weighted by atomic mass is 9.98. The first-order valence-electron chi connectivity index (χ1n) is 10.1. The third-order valence-electron chi connectivity index (χ3n) is 5.20. The second-order valence-corrected chi connectivity index (χ2v) is 8.66. The molecule has 2 N–H and O–H groups in total. The second-order valence-electron chi connectivity index (χ2n) is 8.66. The first-order valence-corrected chi connectivity index (χ1v) is 10.1. The van der Waals surface area contributed by atoms with Gasteiger partial charge in [0.15, 0.2) is 24.0 Å². The van der Waals surface area contributed by atoms with Gasteiger partial charge in [-0.3, -0.25) is 19.7 Å². The number of nitrogens with zero attached hydrogens (tertiary/aromatic N) is 1. The molecule has 0 aliphatic carbocycles. The molecule has 3 saturated heterocycles. The first kappa shape index (κ1) is 22.6. The molecule has 12 nitrogen and oxygen atoms in total. The normalized spacial score (nSPS) is 31.9. The second kappa shape index (κ2) is 8.05. The number of nitrogens with one attached hydrogen (secondary N) is 2. The van der Waals surface area contributed by atoms with Gasteiger partial charge in [0, 0.05) is 17.8 Å². The van der Waals surface area contributed by atoms with Gasteiger partial charge in [0.05, 0.1) is 11.5 Å². The van der Waals surface area contributed by atoms with Crippen LogP contribution < -0.4 is 10.6 Å². The highest BCUT2D eigenvalue weighted by Crippen LogP contribution is 2.44. The number of fused-ring (bicyclic) bond motifs is 3. The van der Waals surface area contributed by atoms with Crippen LogP contribution in [0.25, 0.3) is 0 Å². The van der Waals surface area contributed by atoms with Crippen LogP contribution in [-0.2, 0) is 33.3 Å². The van der Waals surface area contributed by atoms with Gasteiger partial charge < -0.3 is 34.3 Å². The summed E-state index contributed by atoms with van der Waals surface area (Å²) in [6.45, 7) is 6.60. The quantitative estimate of drug-likeness (QED) is 0.495. The fourth-order valence-corrected chi connectivity index (χ4v) is 3.96. The maximum Gasteiger partial charge on any atom is 0.269 e. The number of anilines is 1. The Kier molecular flexibility index (Phi) is 5.67. The molecule has 1 aromatic rings. The van der Waals surface area contributed by atoms with Gasteiger partial charge in [-0.1, -0.05) is 0 Å². The molecule has 0 spiro atoms. The Morgan fingerprint density at radius 1 is 0.969 bits per heavy atom. The van der Waals surface area contributed by atoms with E-state index in [1.807, 2.05) is 0 Å². The number of rotatable bonds is 5. The topological polar surface area (TPSA) is 147 Å². The van der Waals surface area contributed by atoms with Crippen LogP contribution in [0.3, 0.4) is 0 Å². The zero-order chi connectivity index (χ0) is 23.3. The standard InChI is InChI=1S/C20H25N3O9/c1-19(2)29-13-14(30-19)16-18(32-20(3,4)31-16)28-15(13)17(25)21-9-12(24)22-10-5-7-11(8-6-10)23(26)27/h5-8,13-16,18H,9H2,1-4H3,(H,21,25)(H,22,24)/t13-,14-,15+,16+,18-/m0/s1. The van der Waals surface area contributed by atoms with Crippen LogP contribution >= 0.6 is 0 Å². The minimum atomic E-state index is -1.08. The van der Waals surface area contributed by atoms with Crippen LogP contribution in [0, 0.1) is 10.1 Å². The number of benzene rings is 1. The number of non-ortho nitro benzene ring substituents is 1. The molecular formula is C20H25N3O9. The van der Waals surface area contributed by atoms with E-state index in [-0.39, 0.29) is 12.2 Å². The van der Waals surface area contributed by atoms with Gasteiger partial charge in [-0.15, -0.1) is 0 Å². The molecule has 0 aromatic heterocycles. The Morgan fingerprint density at radius 3 is 2.22 bits per heavy atom. The summed E-state index contributed by atoms with van der Waals surface area (Å²) in [6, 6.07) is 5.34. The zero-order valence-electron chi connectivity index (χ0n) is 18.0. The molecule has 32 heavy (non-hydrogen) atoms. The summed E-state index contributed by atoms with van der Waals surface area (Å²) < 4.78 is 29.3. The van der Waals surface area contributed by atoms with E-state index >= 15 is 0 Å². The van der Waals surface area contributed by atoms with Crippen molar-refractivity contribution in [1.82, 2.24) is 5.32 Å². The lowest BCUT2D eigenvalue weighted by Crippen LogP contribution is -2.59. The van der Waals surface area contributed by atoms with Crippen LogP contribution in [0.5, 0.6) is 0 Å². The summed E-state index contributed by atoms with van der Waals surface area (Å²) in [5.41, 5.74) is 0.265. The Hall–Kier alpha value is -2.64. The van der Waals surface area contributed by atoms with Gasteiger partial charge in [0.1, 0.15) is 18.3 Å². The monoisotopic (exact) mass is 451 g/mol. The molecule has 3 fully saturated rings. The Morgan fingerprint density at radius 2 is 1.56 bits per heavy atom. The van der Waals surface area contributed by atoms with Gasteiger partial charge in [0.25, 0.3) is 11.6 Å². The smallest absolute Gasteiger partial charge is 0.269 e. The summed E-state index contributed by atoms with van der Waals surface area (Å²) >= 11 is 0. The Bertz CT molecular complexity index is 917. The van der Waals surface area contributed by atoms with Gasteiger partial charge in [0.2, 0.25) is 5.91 Å². The van der Waals surface area contributed by atoms with Crippen LogP contribution in [0.15, 0.2) is 24.3 Å². The van der Waals surface area contributed by atoms with E-state index in [0.29, 0.717) is 5.69 Å². The van der Waals surface area contributed by atoms with Crippen molar-refractivity contribution in [2.45, 2.75) is 70.0 Å². The third-order valence-corrected chi connectivity index (χ3v) is 5.20. The Labute approximate surface area is 183 Å². The number of nitro benzene ring substituents is 1. The summed E-state index contributed by atoms with van der Waals surface area (Å²) in [7, 11) is 0. The number of ether oxygens (including phenoxy) is 5. The average molecular weight is 451 g/mol. The van der Waals surface area contributed by atoms with Crippen molar-refractivity contribution in [3.63, 3.8) is 0 Å². The fraction of sp³-hybridized carbons (Fsp3) is 0.600. The molecule has 3 heterocycles. The average Bonchev–Trinajstić information content (AvgIpc) is 3.19. The minimum absolute atomic E-state index is 0.0957. The summed E-state index contributed by atoms with van der Waals surface area (Å²) in [4.78, 5) is 35.2. The van der Waals surface area contributed by atoms with Crippen molar-refractivity contribution >= 4 is 23.2 Å². The van der Waals surface area contributed by atoms with Crippen LogP contribution in [0.2, 0.25) is 0 Å². The molecule has 0 unspecified atom stereocenters. The highest BCUT2D eigenvalue weighted by Gasteiger charge is 2.62. The Balaban J connectivity index is 1.38. The van der Waals surface area contributed by atoms with E-state index in [1.165, 1.54) is 24.3 Å². The van der Waals surface area contributed by atoms with E-state index in [0.717, 1.165) is 0 Å². The molecule has 1 aromatic carbocycles. The van der Waals surface area contributed by atoms with E-state index in [2.05, 4.69) is 10.6 Å².